The van der Waals surface area contributed by atoms with Crippen molar-refractivity contribution >= 4 is 11.8 Å². The van der Waals surface area contributed by atoms with Crippen molar-refractivity contribution < 1.29 is 0 Å². The predicted octanol–water partition coefficient (Wildman–Crippen LogP) is 4.90. The smallest absolute Gasteiger partial charge is 0.258 e. The summed E-state index contributed by atoms with van der Waals surface area (Å²) in [4.78, 5) is 18.7. The lowest BCUT2D eigenvalue weighted by Gasteiger charge is -2.33. The van der Waals surface area contributed by atoms with Crippen molar-refractivity contribution in [2.75, 3.05) is 5.75 Å². The van der Waals surface area contributed by atoms with Gasteiger partial charge in [-0.25, -0.2) is 4.98 Å². The van der Waals surface area contributed by atoms with Crippen LogP contribution in [0, 0.1) is 0 Å². The minimum atomic E-state index is -0.235. The predicted molar refractivity (Wildman–Crippen MR) is 113 cm³/mol. The molecule has 27 heavy (non-hydrogen) atoms. The fraction of sp³-hybridized carbons (Fsp3) is 0.304. The van der Waals surface area contributed by atoms with Gasteiger partial charge in [-0.1, -0.05) is 87.1 Å². The van der Waals surface area contributed by atoms with E-state index in [9.17, 15) is 4.79 Å². The summed E-state index contributed by atoms with van der Waals surface area (Å²) in [6.07, 6.45) is 0.860. The summed E-state index contributed by atoms with van der Waals surface area (Å²) in [6, 6.07) is 18.5. The van der Waals surface area contributed by atoms with Gasteiger partial charge in [-0.15, -0.1) is 0 Å². The van der Waals surface area contributed by atoms with Gasteiger partial charge in [0.25, 0.3) is 5.56 Å². The first-order chi connectivity index (χ1) is 13.0. The van der Waals surface area contributed by atoms with Crippen LogP contribution in [0.25, 0.3) is 11.3 Å². The Morgan fingerprint density at radius 1 is 1.07 bits per heavy atom. The molecule has 3 nitrogen and oxygen atoms in total. The Hall–Kier alpha value is -2.33. The van der Waals surface area contributed by atoms with E-state index in [0.717, 1.165) is 39.7 Å². The third kappa shape index (κ3) is 3.23. The highest BCUT2D eigenvalue weighted by Gasteiger charge is 2.36. The average molecular weight is 377 g/mol. The van der Waals surface area contributed by atoms with Gasteiger partial charge in [0, 0.05) is 16.5 Å². The van der Waals surface area contributed by atoms with Crippen LogP contribution in [0.2, 0.25) is 0 Å². The molecule has 0 saturated carbocycles. The quantitative estimate of drug-likeness (QED) is 0.480. The van der Waals surface area contributed by atoms with E-state index in [-0.39, 0.29) is 11.0 Å². The molecule has 0 amide bonds. The van der Waals surface area contributed by atoms with E-state index in [4.69, 9.17) is 4.98 Å². The summed E-state index contributed by atoms with van der Waals surface area (Å²) in [5, 5.41) is 0.803. The first-order valence-corrected chi connectivity index (χ1v) is 10.4. The third-order valence-corrected chi connectivity index (χ3v) is 6.03. The van der Waals surface area contributed by atoms with Crippen molar-refractivity contribution in [3.05, 3.63) is 81.6 Å². The van der Waals surface area contributed by atoms with E-state index in [0.29, 0.717) is 6.54 Å². The number of hydrogen-bond donors (Lipinski definition) is 0. The molecule has 1 aliphatic rings. The number of benzene rings is 2. The molecule has 0 aliphatic heterocycles. The van der Waals surface area contributed by atoms with Crippen LogP contribution in [-0.2, 0) is 18.4 Å². The maximum absolute atomic E-state index is 13.6. The molecule has 2 aromatic carbocycles. The van der Waals surface area contributed by atoms with E-state index in [1.807, 2.05) is 28.8 Å². The summed E-state index contributed by atoms with van der Waals surface area (Å²) in [5.74, 6) is 0.880. The lowest BCUT2D eigenvalue weighted by molar-refractivity contribution is 0.489. The number of rotatable bonds is 4. The minimum absolute atomic E-state index is 0.0966. The van der Waals surface area contributed by atoms with Gasteiger partial charge >= 0.3 is 0 Å². The van der Waals surface area contributed by atoms with Gasteiger partial charge in [-0.2, -0.15) is 0 Å². The van der Waals surface area contributed by atoms with Crippen LogP contribution in [0.3, 0.4) is 0 Å². The molecular formula is C23H24N2OS. The van der Waals surface area contributed by atoms with Gasteiger partial charge in [-0.3, -0.25) is 9.36 Å². The van der Waals surface area contributed by atoms with Crippen LogP contribution in [0.5, 0.6) is 0 Å². The van der Waals surface area contributed by atoms with Crippen molar-refractivity contribution in [2.24, 2.45) is 0 Å². The van der Waals surface area contributed by atoms with Crippen LogP contribution < -0.4 is 5.56 Å². The molecule has 3 aromatic rings. The monoisotopic (exact) mass is 376 g/mol. The molecule has 0 N–H and O–H groups in total. The molecule has 0 bridgehead atoms. The average Bonchev–Trinajstić information content (AvgIpc) is 2.65. The fourth-order valence-electron chi connectivity index (χ4n) is 3.95. The largest absolute Gasteiger partial charge is 0.283 e. The van der Waals surface area contributed by atoms with Gasteiger partial charge in [0.2, 0.25) is 0 Å². The minimum Gasteiger partial charge on any atom is -0.283 e. The molecule has 1 aliphatic carbocycles. The summed E-state index contributed by atoms with van der Waals surface area (Å²) < 4.78 is 1.86. The molecule has 1 aromatic heterocycles. The van der Waals surface area contributed by atoms with Crippen molar-refractivity contribution in [3.63, 3.8) is 0 Å². The number of hydrogen-bond acceptors (Lipinski definition) is 3. The van der Waals surface area contributed by atoms with Crippen LogP contribution in [0.1, 0.15) is 37.5 Å². The number of fused-ring (bicyclic) bond motifs is 3. The number of thioether (sulfide) groups is 1. The summed E-state index contributed by atoms with van der Waals surface area (Å²) in [6.45, 7) is 6.97. The van der Waals surface area contributed by atoms with Crippen LogP contribution in [0.15, 0.2) is 64.5 Å². The van der Waals surface area contributed by atoms with Gasteiger partial charge < -0.3 is 0 Å². The molecule has 138 valence electrons. The number of nitrogens with zero attached hydrogens (tertiary/aromatic N) is 2. The number of aromatic nitrogens is 2. The maximum atomic E-state index is 13.6. The second-order valence-corrected chi connectivity index (χ2v) is 8.88. The van der Waals surface area contributed by atoms with E-state index < -0.39 is 0 Å². The molecule has 4 heteroatoms. The van der Waals surface area contributed by atoms with Crippen LogP contribution in [-0.4, -0.2) is 15.3 Å². The Morgan fingerprint density at radius 2 is 1.78 bits per heavy atom. The Bertz CT molecular complexity index is 1040. The molecule has 1 heterocycles. The Kier molecular flexibility index (Phi) is 4.68. The fourth-order valence-corrected chi connectivity index (χ4v) is 4.67. The lowest BCUT2D eigenvalue weighted by atomic mass is 9.72. The molecule has 0 fully saturated rings. The molecule has 4 rings (SSSR count). The van der Waals surface area contributed by atoms with Crippen molar-refractivity contribution in [3.8, 4) is 11.3 Å². The second-order valence-electron chi connectivity index (χ2n) is 7.65. The topological polar surface area (TPSA) is 34.9 Å². The molecule has 0 unspecified atom stereocenters. The summed E-state index contributed by atoms with van der Waals surface area (Å²) in [5.41, 5.74) is 5.07. The second kappa shape index (κ2) is 7.01. The first-order valence-electron chi connectivity index (χ1n) is 9.41. The Balaban J connectivity index is 1.96. The third-order valence-electron chi connectivity index (χ3n) is 5.17. The zero-order chi connectivity index (χ0) is 19.0. The van der Waals surface area contributed by atoms with E-state index in [1.54, 1.807) is 11.8 Å². The van der Waals surface area contributed by atoms with Gasteiger partial charge in [0.1, 0.15) is 0 Å². The lowest BCUT2D eigenvalue weighted by Crippen LogP contribution is -2.38. The molecule has 0 saturated heterocycles. The van der Waals surface area contributed by atoms with Gasteiger partial charge in [-0.05, 0) is 23.3 Å². The normalized spacial score (nSPS) is 14.5. The van der Waals surface area contributed by atoms with Crippen LogP contribution >= 0.6 is 11.8 Å². The standard InChI is InChI=1S/C23H24N2OS/c1-4-27-22-24-20-18-13-9-8-12-17(18)14-23(2,3)19(20)21(26)25(22)15-16-10-6-5-7-11-16/h5-13H,4,14-15H2,1-3H3. The molecule has 0 radical (unpaired) electrons. The molecule has 0 spiro atoms. The Labute approximate surface area is 164 Å². The maximum Gasteiger partial charge on any atom is 0.258 e. The summed E-state index contributed by atoms with van der Waals surface area (Å²) >= 11 is 1.63. The van der Waals surface area contributed by atoms with E-state index in [1.165, 1.54) is 5.56 Å². The zero-order valence-corrected chi connectivity index (χ0v) is 16.8. The van der Waals surface area contributed by atoms with E-state index >= 15 is 0 Å². The van der Waals surface area contributed by atoms with Crippen molar-refractivity contribution in [1.82, 2.24) is 9.55 Å². The van der Waals surface area contributed by atoms with Crippen molar-refractivity contribution in [2.45, 2.75) is 44.3 Å². The SMILES string of the molecule is CCSc1nc2c(c(=O)n1Cc1ccccc1)C(C)(C)Cc1ccccc1-2. The van der Waals surface area contributed by atoms with Crippen LogP contribution in [0.4, 0.5) is 0 Å². The highest BCUT2D eigenvalue weighted by molar-refractivity contribution is 7.99. The highest BCUT2D eigenvalue weighted by atomic mass is 32.2. The summed E-state index contributed by atoms with van der Waals surface area (Å²) in [7, 11) is 0. The van der Waals surface area contributed by atoms with Crippen molar-refractivity contribution in [1.29, 1.82) is 0 Å². The van der Waals surface area contributed by atoms with Gasteiger partial charge in [0.15, 0.2) is 5.16 Å². The highest BCUT2D eigenvalue weighted by Crippen LogP contribution is 2.40. The molecular weight excluding hydrogens is 352 g/mol. The first kappa shape index (κ1) is 18.1. The zero-order valence-electron chi connectivity index (χ0n) is 16.0. The Morgan fingerprint density at radius 3 is 2.52 bits per heavy atom. The van der Waals surface area contributed by atoms with Gasteiger partial charge in [0.05, 0.1) is 12.2 Å². The molecule has 0 atom stereocenters. The van der Waals surface area contributed by atoms with E-state index in [2.05, 4.69) is 51.1 Å².